The number of phenols is 1. The molecule has 82 valence electrons. The number of piperidine rings is 1. The first-order valence-electron chi connectivity index (χ1n) is 5.72. The van der Waals surface area contributed by atoms with E-state index >= 15 is 0 Å². The predicted molar refractivity (Wildman–Crippen MR) is 62.2 cm³/mol. The lowest BCUT2D eigenvalue weighted by atomic mass is 9.92. The number of aromatic hydroxyl groups is 1. The van der Waals surface area contributed by atoms with E-state index in [9.17, 15) is 5.11 Å². The first-order chi connectivity index (χ1) is 7.20. The highest BCUT2D eigenvalue weighted by atomic mass is 16.3. The van der Waals surface area contributed by atoms with Crippen LogP contribution in [0.5, 0.6) is 5.75 Å². The smallest absolute Gasteiger partial charge is 0.118 e. The number of phenolic OH excluding ortho intramolecular Hbond substituents is 1. The van der Waals surface area contributed by atoms with Crippen molar-refractivity contribution in [3.63, 3.8) is 0 Å². The predicted octanol–water partition coefficient (Wildman–Crippen LogP) is 2.82. The average Bonchev–Trinajstić information content (AvgIpc) is 2.27. The van der Waals surface area contributed by atoms with Gasteiger partial charge in [0.15, 0.2) is 0 Å². The Morgan fingerprint density at radius 2 is 2.00 bits per heavy atom. The van der Waals surface area contributed by atoms with Crippen LogP contribution in [0.25, 0.3) is 0 Å². The summed E-state index contributed by atoms with van der Waals surface area (Å²) in [5.74, 6) is 0.409. The standard InChI is InChI=1S/C13H19NO/c1-9-10(2)13(15)7-6-11(9)12-5-3-4-8-14-12/h6-7,12,14-15H,3-5,8H2,1-2H3. The van der Waals surface area contributed by atoms with Gasteiger partial charge in [0, 0.05) is 6.04 Å². The molecule has 1 atom stereocenters. The van der Waals surface area contributed by atoms with Crippen LogP contribution in [0.3, 0.4) is 0 Å². The lowest BCUT2D eigenvalue weighted by molar-refractivity contribution is 0.409. The second-order valence-electron chi connectivity index (χ2n) is 4.43. The molecule has 0 amide bonds. The van der Waals surface area contributed by atoms with E-state index in [4.69, 9.17) is 0 Å². The number of benzene rings is 1. The Kier molecular flexibility index (Phi) is 2.96. The summed E-state index contributed by atoms with van der Waals surface area (Å²) in [6.45, 7) is 5.20. The minimum absolute atomic E-state index is 0.409. The van der Waals surface area contributed by atoms with Crippen LogP contribution in [-0.2, 0) is 0 Å². The molecule has 0 spiro atoms. The van der Waals surface area contributed by atoms with Crippen molar-refractivity contribution in [2.24, 2.45) is 0 Å². The maximum absolute atomic E-state index is 9.60. The molecule has 0 bridgehead atoms. The second kappa shape index (κ2) is 4.23. The minimum atomic E-state index is 0.409. The van der Waals surface area contributed by atoms with Crippen LogP contribution in [0, 0.1) is 13.8 Å². The van der Waals surface area contributed by atoms with Crippen molar-refractivity contribution < 1.29 is 5.11 Å². The summed E-state index contributed by atoms with van der Waals surface area (Å²) in [5, 5.41) is 13.1. The molecule has 0 aliphatic carbocycles. The van der Waals surface area contributed by atoms with E-state index in [-0.39, 0.29) is 0 Å². The SMILES string of the molecule is Cc1c(O)ccc(C2CCCCN2)c1C. The van der Waals surface area contributed by atoms with Gasteiger partial charge in [-0.2, -0.15) is 0 Å². The van der Waals surface area contributed by atoms with Crippen LogP contribution in [0.1, 0.15) is 42.0 Å². The quantitative estimate of drug-likeness (QED) is 0.739. The Hall–Kier alpha value is -1.02. The van der Waals surface area contributed by atoms with Crippen LogP contribution in [0.15, 0.2) is 12.1 Å². The first-order valence-corrected chi connectivity index (χ1v) is 5.72. The molecule has 1 heterocycles. The molecule has 2 rings (SSSR count). The highest BCUT2D eigenvalue weighted by molar-refractivity contribution is 5.44. The lowest BCUT2D eigenvalue weighted by Crippen LogP contribution is -2.27. The van der Waals surface area contributed by atoms with Gasteiger partial charge >= 0.3 is 0 Å². The molecule has 1 aromatic rings. The molecule has 1 fully saturated rings. The van der Waals surface area contributed by atoms with Gasteiger partial charge in [0.2, 0.25) is 0 Å². The van der Waals surface area contributed by atoms with Crippen LogP contribution in [-0.4, -0.2) is 11.7 Å². The van der Waals surface area contributed by atoms with Crippen molar-refractivity contribution in [2.75, 3.05) is 6.54 Å². The topological polar surface area (TPSA) is 32.3 Å². The van der Waals surface area contributed by atoms with E-state index in [2.05, 4.69) is 18.3 Å². The monoisotopic (exact) mass is 205 g/mol. The maximum atomic E-state index is 9.60. The van der Waals surface area contributed by atoms with Gasteiger partial charge in [0.1, 0.15) is 5.75 Å². The van der Waals surface area contributed by atoms with Crippen molar-refractivity contribution in [2.45, 2.75) is 39.2 Å². The Bertz CT molecular complexity index is 354. The molecule has 2 heteroatoms. The van der Waals surface area contributed by atoms with Gasteiger partial charge in [-0.25, -0.2) is 0 Å². The van der Waals surface area contributed by atoms with E-state index in [1.165, 1.54) is 30.4 Å². The fourth-order valence-corrected chi connectivity index (χ4v) is 2.32. The van der Waals surface area contributed by atoms with Crippen molar-refractivity contribution in [3.8, 4) is 5.75 Å². The zero-order chi connectivity index (χ0) is 10.8. The van der Waals surface area contributed by atoms with E-state index in [0.717, 1.165) is 12.1 Å². The third-order valence-corrected chi connectivity index (χ3v) is 3.49. The van der Waals surface area contributed by atoms with Crippen LogP contribution in [0.4, 0.5) is 0 Å². The molecule has 0 saturated carbocycles. The molecule has 2 N–H and O–H groups in total. The number of nitrogens with one attached hydrogen (secondary N) is 1. The van der Waals surface area contributed by atoms with E-state index < -0.39 is 0 Å². The summed E-state index contributed by atoms with van der Waals surface area (Å²) in [5.41, 5.74) is 3.60. The van der Waals surface area contributed by atoms with Gasteiger partial charge in [0.05, 0.1) is 0 Å². The molecule has 1 aliphatic heterocycles. The van der Waals surface area contributed by atoms with Crippen molar-refractivity contribution >= 4 is 0 Å². The third kappa shape index (κ3) is 2.00. The molecule has 1 saturated heterocycles. The maximum Gasteiger partial charge on any atom is 0.118 e. The average molecular weight is 205 g/mol. The van der Waals surface area contributed by atoms with E-state index in [1.54, 1.807) is 0 Å². The number of hydrogen-bond donors (Lipinski definition) is 2. The summed E-state index contributed by atoms with van der Waals surface area (Å²) in [4.78, 5) is 0. The summed E-state index contributed by atoms with van der Waals surface area (Å²) in [6.07, 6.45) is 3.80. The zero-order valence-corrected chi connectivity index (χ0v) is 9.51. The molecule has 0 aromatic heterocycles. The molecule has 2 nitrogen and oxygen atoms in total. The van der Waals surface area contributed by atoms with E-state index in [0.29, 0.717) is 11.8 Å². The molecular formula is C13H19NO. The molecule has 15 heavy (non-hydrogen) atoms. The summed E-state index contributed by atoms with van der Waals surface area (Å²) >= 11 is 0. The van der Waals surface area contributed by atoms with Gasteiger partial charge in [-0.1, -0.05) is 12.5 Å². The second-order valence-corrected chi connectivity index (χ2v) is 4.43. The van der Waals surface area contributed by atoms with Crippen LogP contribution >= 0.6 is 0 Å². The lowest BCUT2D eigenvalue weighted by Gasteiger charge is -2.26. The van der Waals surface area contributed by atoms with Crippen molar-refractivity contribution in [1.29, 1.82) is 0 Å². The highest BCUT2D eigenvalue weighted by Crippen LogP contribution is 2.30. The summed E-state index contributed by atoms with van der Waals surface area (Å²) < 4.78 is 0. The molecule has 0 radical (unpaired) electrons. The normalized spacial score (nSPS) is 21.6. The van der Waals surface area contributed by atoms with Gasteiger partial charge in [-0.3, -0.25) is 0 Å². The number of hydrogen-bond acceptors (Lipinski definition) is 2. The van der Waals surface area contributed by atoms with Crippen LogP contribution < -0.4 is 5.32 Å². The first kappa shape index (κ1) is 10.5. The summed E-state index contributed by atoms with van der Waals surface area (Å²) in [7, 11) is 0. The Labute approximate surface area is 91.3 Å². The Morgan fingerprint density at radius 1 is 1.20 bits per heavy atom. The zero-order valence-electron chi connectivity index (χ0n) is 9.51. The molecule has 1 aliphatic rings. The van der Waals surface area contributed by atoms with E-state index in [1.807, 2.05) is 13.0 Å². The van der Waals surface area contributed by atoms with Gasteiger partial charge in [0.25, 0.3) is 0 Å². The largest absolute Gasteiger partial charge is 0.508 e. The third-order valence-electron chi connectivity index (χ3n) is 3.49. The van der Waals surface area contributed by atoms with Gasteiger partial charge in [-0.15, -0.1) is 0 Å². The highest BCUT2D eigenvalue weighted by Gasteiger charge is 2.17. The molecule has 1 unspecified atom stereocenters. The molecule has 1 aromatic carbocycles. The van der Waals surface area contributed by atoms with Crippen LogP contribution in [0.2, 0.25) is 0 Å². The Morgan fingerprint density at radius 3 is 2.67 bits per heavy atom. The minimum Gasteiger partial charge on any atom is -0.508 e. The van der Waals surface area contributed by atoms with Crippen molar-refractivity contribution in [1.82, 2.24) is 5.32 Å². The fraction of sp³-hybridized carbons (Fsp3) is 0.538. The molecular weight excluding hydrogens is 186 g/mol. The number of rotatable bonds is 1. The van der Waals surface area contributed by atoms with Gasteiger partial charge in [-0.05, 0) is 56.0 Å². The Balaban J connectivity index is 2.31. The fourth-order valence-electron chi connectivity index (χ4n) is 2.32. The van der Waals surface area contributed by atoms with Gasteiger partial charge < -0.3 is 10.4 Å². The summed E-state index contributed by atoms with van der Waals surface area (Å²) in [6, 6.07) is 4.35. The van der Waals surface area contributed by atoms with Crippen molar-refractivity contribution in [3.05, 3.63) is 28.8 Å².